The molecule has 0 saturated heterocycles. The van der Waals surface area contributed by atoms with Gasteiger partial charge in [0.05, 0.1) is 13.2 Å². The fraction of sp³-hybridized carbons (Fsp3) is 0.533. The number of ether oxygens (including phenoxy) is 1. The molecule has 0 radical (unpaired) electrons. The smallest absolute Gasteiger partial charge is 0.327 e. The van der Waals surface area contributed by atoms with Gasteiger partial charge in [-0.1, -0.05) is 37.3 Å². The van der Waals surface area contributed by atoms with Gasteiger partial charge in [0.2, 0.25) is 0 Å². The number of hydrogen-bond acceptors (Lipinski definition) is 4. The average Bonchev–Trinajstić information content (AvgIpc) is 2.45. The molecule has 0 aliphatic rings. The van der Waals surface area contributed by atoms with Gasteiger partial charge in [-0.3, -0.25) is 5.32 Å². The number of hydrogen-bond donors (Lipinski definition) is 2. The Morgan fingerprint density at radius 2 is 2.00 bits per heavy atom. The summed E-state index contributed by atoms with van der Waals surface area (Å²) in [7, 11) is 0. The van der Waals surface area contributed by atoms with Crippen LogP contribution >= 0.6 is 0 Å². The van der Waals surface area contributed by atoms with Crippen molar-refractivity contribution in [3.63, 3.8) is 0 Å². The molecule has 106 valence electrons. The minimum Gasteiger partial charge on any atom is -0.465 e. The first-order valence-electron chi connectivity index (χ1n) is 6.66. The van der Waals surface area contributed by atoms with Gasteiger partial charge in [0.1, 0.15) is 6.04 Å². The van der Waals surface area contributed by atoms with E-state index in [4.69, 9.17) is 4.74 Å². The summed E-state index contributed by atoms with van der Waals surface area (Å²) in [6, 6.07) is 8.86. The summed E-state index contributed by atoms with van der Waals surface area (Å²) in [4.78, 5) is 12.1. The van der Waals surface area contributed by atoms with Crippen molar-refractivity contribution >= 4 is 5.97 Å². The maximum Gasteiger partial charge on any atom is 0.327 e. The van der Waals surface area contributed by atoms with E-state index in [9.17, 15) is 9.90 Å². The van der Waals surface area contributed by atoms with Gasteiger partial charge < -0.3 is 9.84 Å². The lowest BCUT2D eigenvalue weighted by Gasteiger charge is -2.32. The number of nitrogens with one attached hydrogen (secondary N) is 1. The highest BCUT2D eigenvalue weighted by Crippen LogP contribution is 2.20. The summed E-state index contributed by atoms with van der Waals surface area (Å²) in [5.74, 6) is -0.318. The van der Waals surface area contributed by atoms with E-state index in [1.165, 1.54) is 0 Å². The third-order valence-electron chi connectivity index (χ3n) is 3.28. The van der Waals surface area contributed by atoms with Crippen LogP contribution in [-0.4, -0.2) is 29.8 Å². The van der Waals surface area contributed by atoms with E-state index in [1.54, 1.807) is 6.92 Å². The van der Waals surface area contributed by atoms with Gasteiger partial charge in [-0.05, 0) is 25.8 Å². The molecule has 2 unspecified atom stereocenters. The zero-order chi connectivity index (χ0) is 14.3. The number of aliphatic hydroxyl groups excluding tert-OH is 1. The first kappa shape index (κ1) is 15.7. The average molecular weight is 265 g/mol. The lowest BCUT2D eigenvalue weighted by molar-refractivity contribution is -0.146. The zero-order valence-corrected chi connectivity index (χ0v) is 11.8. The minimum absolute atomic E-state index is 0.0355. The molecule has 0 bridgehead atoms. The van der Waals surface area contributed by atoms with Gasteiger partial charge >= 0.3 is 5.97 Å². The maximum absolute atomic E-state index is 12.1. The van der Waals surface area contributed by atoms with Crippen molar-refractivity contribution in [2.75, 3.05) is 13.2 Å². The highest BCUT2D eigenvalue weighted by atomic mass is 16.5. The van der Waals surface area contributed by atoms with E-state index in [1.807, 2.05) is 44.2 Å². The van der Waals surface area contributed by atoms with Crippen LogP contribution in [0, 0.1) is 0 Å². The Morgan fingerprint density at radius 3 is 2.47 bits per heavy atom. The van der Waals surface area contributed by atoms with Crippen molar-refractivity contribution in [2.45, 2.75) is 38.8 Å². The van der Waals surface area contributed by atoms with Crippen LogP contribution in [0.15, 0.2) is 30.3 Å². The molecule has 1 aromatic carbocycles. The molecule has 1 rings (SSSR count). The van der Waals surface area contributed by atoms with E-state index < -0.39 is 11.6 Å². The molecule has 2 atom stereocenters. The summed E-state index contributed by atoms with van der Waals surface area (Å²) in [5, 5.41) is 12.7. The fourth-order valence-corrected chi connectivity index (χ4v) is 1.76. The van der Waals surface area contributed by atoms with Crippen molar-refractivity contribution in [1.29, 1.82) is 0 Å². The Morgan fingerprint density at radius 1 is 1.37 bits per heavy atom. The number of carbonyl (C=O) groups excluding carboxylic acids is 1. The van der Waals surface area contributed by atoms with E-state index in [0.717, 1.165) is 5.56 Å². The van der Waals surface area contributed by atoms with Gasteiger partial charge in [0.25, 0.3) is 0 Å². The largest absolute Gasteiger partial charge is 0.465 e. The molecule has 4 heteroatoms. The van der Waals surface area contributed by atoms with Crippen LogP contribution < -0.4 is 5.32 Å². The molecule has 1 aromatic rings. The van der Waals surface area contributed by atoms with Crippen LogP contribution in [0.3, 0.4) is 0 Å². The minimum atomic E-state index is -0.557. The first-order chi connectivity index (χ1) is 9.06. The van der Waals surface area contributed by atoms with Crippen LogP contribution in [-0.2, 0) is 9.53 Å². The number of rotatable bonds is 7. The molecule has 0 heterocycles. The van der Waals surface area contributed by atoms with E-state index in [-0.39, 0.29) is 12.6 Å². The molecule has 0 saturated carbocycles. The molecule has 19 heavy (non-hydrogen) atoms. The topological polar surface area (TPSA) is 58.6 Å². The van der Waals surface area contributed by atoms with Crippen molar-refractivity contribution < 1.29 is 14.6 Å². The molecule has 4 nitrogen and oxygen atoms in total. The third kappa shape index (κ3) is 4.33. The second-order valence-corrected chi connectivity index (χ2v) is 4.81. The van der Waals surface area contributed by atoms with Crippen LogP contribution in [0.4, 0.5) is 0 Å². The van der Waals surface area contributed by atoms with Crippen LogP contribution in [0.25, 0.3) is 0 Å². The van der Waals surface area contributed by atoms with E-state index >= 15 is 0 Å². The number of aliphatic hydroxyl groups is 1. The Hall–Kier alpha value is -1.39. The highest BCUT2D eigenvalue weighted by Gasteiger charge is 2.30. The van der Waals surface area contributed by atoms with Gasteiger partial charge in [-0.15, -0.1) is 0 Å². The Kier molecular flexibility index (Phi) is 5.99. The first-order valence-corrected chi connectivity index (χ1v) is 6.66. The summed E-state index contributed by atoms with van der Waals surface area (Å²) in [5.41, 5.74) is 0.335. The quantitative estimate of drug-likeness (QED) is 0.741. The molecule has 2 N–H and O–H groups in total. The fourth-order valence-electron chi connectivity index (χ4n) is 1.76. The summed E-state index contributed by atoms with van der Waals surface area (Å²) < 4.78 is 5.11. The standard InChI is InChI=1S/C15H23NO3/c1-4-15(3,11-17)16-13(14(18)19-5-2)12-9-7-6-8-10-12/h6-10,13,16-17H,4-5,11H2,1-3H3. The number of esters is 1. The lowest BCUT2D eigenvalue weighted by atomic mass is 9.96. The van der Waals surface area contributed by atoms with Crippen molar-refractivity contribution in [3.05, 3.63) is 35.9 Å². The Bertz CT molecular complexity index is 388. The molecule has 0 aliphatic carbocycles. The summed E-state index contributed by atoms with van der Waals surface area (Å²) in [6.45, 7) is 5.95. The molecule has 0 amide bonds. The predicted molar refractivity (Wildman–Crippen MR) is 74.7 cm³/mol. The van der Waals surface area contributed by atoms with Crippen LogP contribution in [0.5, 0.6) is 0 Å². The molecular formula is C15H23NO3. The lowest BCUT2D eigenvalue weighted by Crippen LogP contribution is -2.49. The Labute approximate surface area is 114 Å². The predicted octanol–water partition coefficient (Wildman–Crippen LogP) is 2.04. The number of benzene rings is 1. The summed E-state index contributed by atoms with van der Waals surface area (Å²) >= 11 is 0. The van der Waals surface area contributed by atoms with Gasteiger partial charge in [-0.2, -0.15) is 0 Å². The van der Waals surface area contributed by atoms with Crippen molar-refractivity contribution in [2.24, 2.45) is 0 Å². The van der Waals surface area contributed by atoms with Crippen LogP contribution in [0.2, 0.25) is 0 Å². The van der Waals surface area contributed by atoms with Crippen LogP contribution in [0.1, 0.15) is 38.8 Å². The van der Waals surface area contributed by atoms with Crippen molar-refractivity contribution in [1.82, 2.24) is 5.32 Å². The molecule has 0 aromatic heterocycles. The third-order valence-corrected chi connectivity index (χ3v) is 3.28. The second-order valence-electron chi connectivity index (χ2n) is 4.81. The number of carbonyl (C=O) groups is 1. The van der Waals surface area contributed by atoms with Gasteiger partial charge in [0.15, 0.2) is 0 Å². The summed E-state index contributed by atoms with van der Waals surface area (Å²) in [6.07, 6.45) is 0.715. The maximum atomic E-state index is 12.1. The molecule has 0 fully saturated rings. The highest BCUT2D eigenvalue weighted by molar-refractivity contribution is 5.77. The van der Waals surface area contributed by atoms with E-state index in [0.29, 0.717) is 13.0 Å². The molecular weight excluding hydrogens is 242 g/mol. The SMILES string of the molecule is CCOC(=O)C(NC(C)(CC)CO)c1ccccc1. The van der Waals surface area contributed by atoms with Crippen molar-refractivity contribution in [3.8, 4) is 0 Å². The van der Waals surface area contributed by atoms with Gasteiger partial charge in [0, 0.05) is 5.54 Å². The molecule has 0 spiro atoms. The Balaban J connectivity index is 2.97. The van der Waals surface area contributed by atoms with E-state index in [2.05, 4.69) is 5.32 Å². The molecule has 0 aliphatic heterocycles. The van der Waals surface area contributed by atoms with Gasteiger partial charge in [-0.25, -0.2) is 4.79 Å². The normalized spacial score (nSPS) is 15.6. The second kappa shape index (κ2) is 7.26. The monoisotopic (exact) mass is 265 g/mol. The zero-order valence-electron chi connectivity index (χ0n) is 11.8.